The predicted octanol–water partition coefficient (Wildman–Crippen LogP) is 6.18. The Morgan fingerprint density at radius 1 is 0.708 bits per heavy atom. The largest absolute Gasteiger partial charge is 0.457 e. The van der Waals surface area contributed by atoms with E-state index in [9.17, 15) is 28.5 Å². The third-order valence-corrected chi connectivity index (χ3v) is 9.19. The van der Waals surface area contributed by atoms with Crippen LogP contribution < -0.4 is 0 Å². The minimum atomic E-state index is -5.05. The molecule has 0 radical (unpaired) electrons. The second kappa shape index (κ2) is 28.8. The van der Waals surface area contributed by atoms with Crippen molar-refractivity contribution in [2.75, 3.05) is 26.4 Å². The first-order valence-corrected chi connectivity index (χ1v) is 20.2. The van der Waals surface area contributed by atoms with E-state index >= 15 is 0 Å². The molecule has 13 heteroatoms. The van der Waals surface area contributed by atoms with Crippen LogP contribution in [0.1, 0.15) is 155 Å². The van der Waals surface area contributed by atoms with E-state index in [1.165, 1.54) is 89.9 Å². The number of aliphatic hydroxyl groups excluding tert-OH is 3. The van der Waals surface area contributed by atoms with Crippen molar-refractivity contribution >= 4 is 16.4 Å². The number of aliphatic hydroxyl groups is 3. The minimum absolute atomic E-state index is 0.0427. The van der Waals surface area contributed by atoms with Crippen molar-refractivity contribution < 1.29 is 56.2 Å². The highest BCUT2D eigenvalue weighted by Crippen LogP contribution is 2.26. The standard InChI is InChI=1S/C35H68O12S/c1-3-5-7-9-11-13-14-15-16-18-20-22-24-31(37)45-29(27-43-25-23-21-19-17-12-10-8-6-4-2)28-44-35-33(39)34(47-48(40,41)42)32(38)30(26-36)46-35/h29-30,32-36,38-39H,3-28H2,1-2H3,(H,40,41,42). The molecule has 0 bridgehead atoms. The zero-order valence-corrected chi connectivity index (χ0v) is 30.6. The molecule has 286 valence electrons. The number of carbonyl (C=O) groups excluding carboxylic acids is 1. The Kier molecular flexibility index (Phi) is 27.0. The Morgan fingerprint density at radius 3 is 1.67 bits per heavy atom. The van der Waals surface area contributed by atoms with Crippen molar-refractivity contribution in [3.05, 3.63) is 0 Å². The molecule has 0 aromatic rings. The summed E-state index contributed by atoms with van der Waals surface area (Å²) in [7, 11) is -5.05. The zero-order valence-electron chi connectivity index (χ0n) is 29.8. The van der Waals surface area contributed by atoms with Crippen molar-refractivity contribution in [3.63, 3.8) is 0 Å². The lowest BCUT2D eigenvalue weighted by Gasteiger charge is -2.41. The molecule has 1 rings (SSSR count). The molecule has 48 heavy (non-hydrogen) atoms. The van der Waals surface area contributed by atoms with Crippen LogP contribution in [0.25, 0.3) is 0 Å². The quantitative estimate of drug-likeness (QED) is 0.0354. The van der Waals surface area contributed by atoms with Gasteiger partial charge in [-0.2, -0.15) is 8.42 Å². The maximum Gasteiger partial charge on any atom is 0.397 e. The summed E-state index contributed by atoms with van der Waals surface area (Å²) in [6.07, 6.45) is 15.8. The van der Waals surface area contributed by atoms with Gasteiger partial charge in [-0.15, -0.1) is 0 Å². The third-order valence-electron chi connectivity index (χ3n) is 8.73. The van der Waals surface area contributed by atoms with Gasteiger partial charge >= 0.3 is 16.4 Å². The smallest absolute Gasteiger partial charge is 0.397 e. The summed E-state index contributed by atoms with van der Waals surface area (Å²) < 4.78 is 58.6. The van der Waals surface area contributed by atoms with Gasteiger partial charge in [0, 0.05) is 13.0 Å². The molecule has 0 aliphatic carbocycles. The maximum atomic E-state index is 12.7. The molecule has 1 aliphatic heterocycles. The molecular weight excluding hydrogens is 644 g/mol. The first-order chi connectivity index (χ1) is 23.1. The van der Waals surface area contributed by atoms with E-state index in [0.717, 1.165) is 38.5 Å². The van der Waals surface area contributed by atoms with Crippen molar-refractivity contribution in [1.82, 2.24) is 0 Å². The van der Waals surface area contributed by atoms with Crippen LogP contribution in [0.3, 0.4) is 0 Å². The molecule has 1 heterocycles. The molecule has 4 N–H and O–H groups in total. The van der Waals surface area contributed by atoms with Gasteiger partial charge in [0.05, 0.1) is 19.8 Å². The highest BCUT2D eigenvalue weighted by Gasteiger charge is 2.48. The molecule has 6 unspecified atom stereocenters. The maximum absolute atomic E-state index is 12.7. The average molecular weight is 713 g/mol. The van der Waals surface area contributed by atoms with Crippen LogP contribution in [0, 0.1) is 0 Å². The molecule has 1 saturated heterocycles. The monoisotopic (exact) mass is 712 g/mol. The predicted molar refractivity (Wildman–Crippen MR) is 184 cm³/mol. The van der Waals surface area contributed by atoms with Gasteiger partial charge in [-0.25, -0.2) is 4.18 Å². The summed E-state index contributed by atoms with van der Waals surface area (Å²) in [4.78, 5) is 12.7. The van der Waals surface area contributed by atoms with Crippen LogP contribution in [0.2, 0.25) is 0 Å². The van der Waals surface area contributed by atoms with Gasteiger partial charge in [0.25, 0.3) is 0 Å². The molecule has 0 aromatic heterocycles. The lowest BCUT2D eigenvalue weighted by molar-refractivity contribution is -0.301. The molecular formula is C35H68O12S. The number of hydrogen-bond donors (Lipinski definition) is 4. The molecule has 1 fully saturated rings. The fourth-order valence-electron chi connectivity index (χ4n) is 5.85. The Hall–Kier alpha value is -0.900. The summed E-state index contributed by atoms with van der Waals surface area (Å²) >= 11 is 0. The van der Waals surface area contributed by atoms with Crippen LogP contribution in [0.4, 0.5) is 0 Å². The van der Waals surface area contributed by atoms with Crippen LogP contribution in [-0.4, -0.2) is 97.5 Å². The number of hydrogen-bond acceptors (Lipinski definition) is 11. The Balaban J connectivity index is 2.52. The SMILES string of the molecule is CCCCCCCCCCCCCCC(=O)OC(COCCCCCCCCCCC)COC1OC(CO)C(O)C(OS(=O)(=O)O)C1O. The second-order valence-corrected chi connectivity index (χ2v) is 14.2. The van der Waals surface area contributed by atoms with Gasteiger partial charge in [0.2, 0.25) is 0 Å². The summed E-state index contributed by atoms with van der Waals surface area (Å²) in [6, 6.07) is 0. The molecule has 6 atom stereocenters. The first kappa shape index (κ1) is 45.1. The highest BCUT2D eigenvalue weighted by molar-refractivity contribution is 7.80. The molecule has 0 saturated carbocycles. The van der Waals surface area contributed by atoms with E-state index in [2.05, 4.69) is 18.0 Å². The molecule has 0 aromatic carbocycles. The zero-order chi connectivity index (χ0) is 35.5. The summed E-state index contributed by atoms with van der Waals surface area (Å²) in [5.74, 6) is -0.399. The van der Waals surface area contributed by atoms with E-state index in [4.69, 9.17) is 23.5 Å². The van der Waals surface area contributed by atoms with Gasteiger partial charge in [-0.05, 0) is 12.8 Å². The Bertz CT molecular complexity index is 874. The summed E-state index contributed by atoms with van der Waals surface area (Å²) in [6.45, 7) is 3.96. The van der Waals surface area contributed by atoms with Gasteiger partial charge in [-0.1, -0.05) is 136 Å². The van der Waals surface area contributed by atoms with Crippen molar-refractivity contribution in [1.29, 1.82) is 0 Å². The van der Waals surface area contributed by atoms with Crippen molar-refractivity contribution in [2.45, 2.75) is 192 Å². The van der Waals surface area contributed by atoms with E-state index in [0.29, 0.717) is 13.0 Å². The summed E-state index contributed by atoms with van der Waals surface area (Å²) in [5, 5.41) is 30.4. The van der Waals surface area contributed by atoms with E-state index in [1.54, 1.807) is 0 Å². The lowest BCUT2D eigenvalue weighted by atomic mass is 9.99. The summed E-state index contributed by atoms with van der Waals surface area (Å²) in [5.41, 5.74) is 0. The fraction of sp³-hybridized carbons (Fsp3) is 0.971. The highest BCUT2D eigenvalue weighted by atomic mass is 32.3. The second-order valence-electron chi connectivity index (χ2n) is 13.2. The van der Waals surface area contributed by atoms with Crippen LogP contribution >= 0.6 is 0 Å². The topological polar surface area (TPSA) is 178 Å². The number of ether oxygens (including phenoxy) is 4. The Labute approximate surface area is 290 Å². The average Bonchev–Trinajstić information content (AvgIpc) is 3.05. The molecule has 1 aliphatic rings. The van der Waals surface area contributed by atoms with Gasteiger partial charge in [0.15, 0.2) is 6.29 Å². The Morgan fingerprint density at radius 2 is 1.19 bits per heavy atom. The normalized spacial score (nSPS) is 22.2. The number of rotatable bonds is 32. The third kappa shape index (κ3) is 22.7. The van der Waals surface area contributed by atoms with Gasteiger partial charge < -0.3 is 34.3 Å². The van der Waals surface area contributed by atoms with Crippen molar-refractivity contribution in [2.24, 2.45) is 0 Å². The molecule has 12 nitrogen and oxygen atoms in total. The van der Waals surface area contributed by atoms with E-state index < -0.39 is 59.8 Å². The number of unbranched alkanes of at least 4 members (excludes halogenated alkanes) is 19. The number of carbonyl (C=O) groups is 1. The first-order valence-electron chi connectivity index (χ1n) is 18.8. The van der Waals surface area contributed by atoms with Crippen molar-refractivity contribution in [3.8, 4) is 0 Å². The van der Waals surface area contributed by atoms with E-state index in [-0.39, 0.29) is 19.6 Å². The van der Waals surface area contributed by atoms with E-state index in [1.807, 2.05) is 0 Å². The molecule has 0 spiro atoms. The minimum Gasteiger partial charge on any atom is -0.457 e. The number of esters is 1. The fourth-order valence-corrected chi connectivity index (χ4v) is 6.36. The van der Waals surface area contributed by atoms with Crippen LogP contribution in [0.15, 0.2) is 0 Å². The lowest BCUT2D eigenvalue weighted by Crippen LogP contribution is -2.60. The van der Waals surface area contributed by atoms with Gasteiger partial charge in [-0.3, -0.25) is 9.35 Å². The molecule has 0 amide bonds. The van der Waals surface area contributed by atoms with Crippen LogP contribution in [-0.2, 0) is 38.3 Å². The van der Waals surface area contributed by atoms with Crippen LogP contribution in [0.5, 0.6) is 0 Å². The van der Waals surface area contributed by atoms with Gasteiger partial charge in [0.1, 0.15) is 30.5 Å².